The van der Waals surface area contributed by atoms with Crippen LogP contribution < -0.4 is 10.9 Å². The van der Waals surface area contributed by atoms with Crippen molar-refractivity contribution in [1.82, 2.24) is 20.0 Å². The zero-order chi connectivity index (χ0) is 20.2. The molecular formula is C22H28N4O3. The van der Waals surface area contributed by atoms with Crippen LogP contribution in [0.4, 0.5) is 0 Å². The molecule has 7 nitrogen and oxygen atoms in total. The maximum absolute atomic E-state index is 12.5. The van der Waals surface area contributed by atoms with Gasteiger partial charge in [-0.25, -0.2) is 4.79 Å². The number of aryl methyl sites for hydroxylation is 1. The van der Waals surface area contributed by atoms with Crippen molar-refractivity contribution < 1.29 is 9.21 Å². The van der Waals surface area contributed by atoms with E-state index >= 15 is 0 Å². The fourth-order valence-electron chi connectivity index (χ4n) is 4.09. The van der Waals surface area contributed by atoms with Crippen LogP contribution in [0.5, 0.6) is 0 Å². The van der Waals surface area contributed by atoms with E-state index in [1.54, 1.807) is 10.7 Å². The lowest BCUT2D eigenvalue weighted by Crippen LogP contribution is -2.32. The van der Waals surface area contributed by atoms with Crippen LogP contribution in [0.1, 0.15) is 37.7 Å². The van der Waals surface area contributed by atoms with E-state index in [0.29, 0.717) is 23.0 Å². The van der Waals surface area contributed by atoms with Crippen molar-refractivity contribution in [3.8, 4) is 0 Å². The third-order valence-electron chi connectivity index (χ3n) is 5.62. The molecule has 7 heteroatoms. The van der Waals surface area contributed by atoms with Gasteiger partial charge in [0, 0.05) is 11.9 Å². The van der Waals surface area contributed by atoms with Crippen LogP contribution in [0.2, 0.25) is 0 Å². The summed E-state index contributed by atoms with van der Waals surface area (Å²) < 4.78 is 6.98. The molecule has 0 atom stereocenters. The number of benzene rings is 1. The quantitative estimate of drug-likeness (QED) is 0.512. The van der Waals surface area contributed by atoms with Gasteiger partial charge in [0.15, 0.2) is 0 Å². The zero-order valence-corrected chi connectivity index (χ0v) is 16.9. The number of nitrogens with one attached hydrogen (secondary N) is 1. The molecule has 29 heavy (non-hydrogen) atoms. The highest BCUT2D eigenvalue weighted by Gasteiger charge is 2.15. The molecule has 3 aromatic rings. The highest BCUT2D eigenvalue weighted by molar-refractivity contribution is 6.02. The summed E-state index contributed by atoms with van der Waals surface area (Å²) in [6.45, 7) is 6.07. The van der Waals surface area contributed by atoms with Gasteiger partial charge in [-0.3, -0.25) is 9.48 Å². The van der Waals surface area contributed by atoms with Crippen molar-refractivity contribution in [1.29, 1.82) is 0 Å². The summed E-state index contributed by atoms with van der Waals surface area (Å²) in [7, 11) is 0. The zero-order valence-electron chi connectivity index (χ0n) is 16.9. The first-order chi connectivity index (χ1) is 14.1. The molecule has 4 rings (SSSR count). The van der Waals surface area contributed by atoms with E-state index in [-0.39, 0.29) is 12.5 Å². The Morgan fingerprint density at radius 3 is 2.76 bits per heavy atom. The molecule has 1 aromatic carbocycles. The van der Waals surface area contributed by atoms with E-state index in [1.165, 1.54) is 45.0 Å². The monoisotopic (exact) mass is 396 g/mol. The smallest absolute Gasteiger partial charge is 0.347 e. The maximum Gasteiger partial charge on any atom is 0.347 e. The SMILES string of the molecule is Cc1ccc2oc(=O)c3cnn(CC(=O)NCCCN4CCCCCC4)c3c2c1. The van der Waals surface area contributed by atoms with Crippen LogP contribution in [0.25, 0.3) is 21.9 Å². The number of amides is 1. The summed E-state index contributed by atoms with van der Waals surface area (Å²) in [4.78, 5) is 27.2. The van der Waals surface area contributed by atoms with Crippen LogP contribution in [-0.4, -0.2) is 46.8 Å². The second kappa shape index (κ2) is 8.78. The predicted octanol–water partition coefficient (Wildman–Crippen LogP) is 2.83. The molecule has 1 N–H and O–H groups in total. The molecular weight excluding hydrogens is 368 g/mol. The Kier molecular flexibility index (Phi) is 5.94. The van der Waals surface area contributed by atoms with Gasteiger partial charge in [0.05, 0.1) is 11.7 Å². The lowest BCUT2D eigenvalue weighted by molar-refractivity contribution is -0.121. The minimum absolute atomic E-state index is 0.0830. The van der Waals surface area contributed by atoms with Crippen LogP contribution in [0, 0.1) is 6.92 Å². The molecule has 1 amide bonds. The number of aromatic nitrogens is 2. The Bertz CT molecular complexity index is 1060. The summed E-state index contributed by atoms with van der Waals surface area (Å²) in [5.74, 6) is -0.0973. The number of hydrogen-bond donors (Lipinski definition) is 1. The highest BCUT2D eigenvalue weighted by Crippen LogP contribution is 2.23. The Hall–Kier alpha value is -2.67. The third-order valence-corrected chi connectivity index (χ3v) is 5.62. The molecule has 3 heterocycles. The molecule has 0 aliphatic carbocycles. The first-order valence-electron chi connectivity index (χ1n) is 10.5. The topological polar surface area (TPSA) is 80.4 Å². The van der Waals surface area contributed by atoms with Gasteiger partial charge >= 0.3 is 5.63 Å². The molecule has 0 spiro atoms. The molecule has 0 bridgehead atoms. The van der Waals surface area contributed by atoms with Crippen molar-refractivity contribution in [3.63, 3.8) is 0 Å². The van der Waals surface area contributed by atoms with E-state index in [1.807, 2.05) is 19.1 Å². The summed E-state index contributed by atoms with van der Waals surface area (Å²) in [5, 5.41) is 8.46. The fraction of sp³-hybridized carbons (Fsp3) is 0.500. The van der Waals surface area contributed by atoms with Crippen LogP contribution in [0.3, 0.4) is 0 Å². The molecule has 0 saturated carbocycles. The lowest BCUT2D eigenvalue weighted by Gasteiger charge is -2.19. The normalized spacial score (nSPS) is 15.6. The molecule has 0 radical (unpaired) electrons. The van der Waals surface area contributed by atoms with E-state index in [4.69, 9.17) is 4.42 Å². The van der Waals surface area contributed by atoms with Gasteiger partial charge in [-0.05, 0) is 58.0 Å². The largest absolute Gasteiger partial charge is 0.422 e. The van der Waals surface area contributed by atoms with Crippen molar-refractivity contribution >= 4 is 27.8 Å². The molecule has 1 aliphatic heterocycles. The third kappa shape index (κ3) is 4.50. The van der Waals surface area contributed by atoms with E-state index < -0.39 is 5.63 Å². The van der Waals surface area contributed by atoms with Crippen molar-refractivity contribution in [2.75, 3.05) is 26.2 Å². The molecule has 1 fully saturated rings. The number of likely N-dealkylation sites (tertiary alicyclic amines) is 1. The van der Waals surface area contributed by atoms with Gasteiger partial charge in [0.2, 0.25) is 5.91 Å². The average molecular weight is 396 g/mol. The minimum Gasteiger partial charge on any atom is -0.422 e. The van der Waals surface area contributed by atoms with Gasteiger partial charge in [-0.2, -0.15) is 5.10 Å². The fourth-order valence-corrected chi connectivity index (χ4v) is 4.09. The number of carbonyl (C=O) groups is 1. The van der Waals surface area contributed by atoms with Crippen LogP contribution >= 0.6 is 0 Å². The first-order valence-corrected chi connectivity index (χ1v) is 10.5. The first kappa shape index (κ1) is 19.6. The number of hydrogen-bond acceptors (Lipinski definition) is 5. The van der Waals surface area contributed by atoms with Gasteiger partial charge in [0.1, 0.15) is 17.5 Å². The second-order valence-electron chi connectivity index (χ2n) is 7.91. The summed E-state index contributed by atoms with van der Waals surface area (Å²) in [6.07, 6.45) is 7.64. The minimum atomic E-state index is -0.430. The number of fused-ring (bicyclic) bond motifs is 3. The van der Waals surface area contributed by atoms with Crippen molar-refractivity contribution in [2.45, 2.75) is 45.6 Å². The van der Waals surface area contributed by atoms with Crippen LogP contribution in [0.15, 0.2) is 33.6 Å². The lowest BCUT2D eigenvalue weighted by atomic mass is 10.1. The molecule has 2 aromatic heterocycles. The summed E-state index contributed by atoms with van der Waals surface area (Å²) >= 11 is 0. The molecule has 1 aliphatic rings. The van der Waals surface area contributed by atoms with Crippen molar-refractivity contribution in [2.24, 2.45) is 0 Å². The Morgan fingerprint density at radius 2 is 1.97 bits per heavy atom. The van der Waals surface area contributed by atoms with Gasteiger partial charge < -0.3 is 14.6 Å². The summed E-state index contributed by atoms with van der Waals surface area (Å²) in [6, 6.07) is 5.64. The molecule has 154 valence electrons. The van der Waals surface area contributed by atoms with Gasteiger partial charge in [-0.1, -0.05) is 24.5 Å². The van der Waals surface area contributed by atoms with Gasteiger partial charge in [-0.15, -0.1) is 0 Å². The van der Waals surface area contributed by atoms with Crippen LogP contribution in [-0.2, 0) is 11.3 Å². The molecule has 1 saturated heterocycles. The maximum atomic E-state index is 12.5. The Labute approximate surface area is 169 Å². The standard InChI is InChI=1S/C22H28N4O3/c1-16-7-8-19-17(13-16)21-18(22(28)29-19)14-24-26(21)15-20(27)23-9-6-12-25-10-4-2-3-5-11-25/h7-8,13-14H,2-6,9-12,15H2,1H3,(H,23,27). The number of carbonyl (C=O) groups excluding carboxylic acids is 1. The average Bonchev–Trinajstić information content (AvgIpc) is 2.94. The predicted molar refractivity (Wildman–Crippen MR) is 113 cm³/mol. The van der Waals surface area contributed by atoms with Gasteiger partial charge in [0.25, 0.3) is 0 Å². The summed E-state index contributed by atoms with van der Waals surface area (Å²) in [5.41, 5.74) is 1.78. The number of nitrogens with zero attached hydrogens (tertiary/aromatic N) is 3. The Balaban J connectivity index is 1.41. The van der Waals surface area contributed by atoms with E-state index in [2.05, 4.69) is 15.3 Å². The number of rotatable bonds is 6. The van der Waals surface area contributed by atoms with Crippen molar-refractivity contribution in [3.05, 3.63) is 40.4 Å². The van der Waals surface area contributed by atoms with E-state index in [0.717, 1.165) is 23.9 Å². The second-order valence-corrected chi connectivity index (χ2v) is 7.91. The van der Waals surface area contributed by atoms with E-state index in [9.17, 15) is 9.59 Å². The molecule has 0 unspecified atom stereocenters. The highest BCUT2D eigenvalue weighted by atomic mass is 16.4. The Morgan fingerprint density at radius 1 is 1.17 bits per heavy atom.